The summed E-state index contributed by atoms with van der Waals surface area (Å²) in [6.45, 7) is 1.55. The van der Waals surface area contributed by atoms with Crippen LogP contribution in [0.4, 0.5) is 19.0 Å². The molecule has 0 amide bonds. The molecule has 1 N–H and O–H groups in total. The Labute approximate surface area is 108 Å². The van der Waals surface area contributed by atoms with Gasteiger partial charge in [-0.2, -0.15) is 4.98 Å². The van der Waals surface area contributed by atoms with E-state index in [-0.39, 0.29) is 17.4 Å². The molecular weight excluding hydrogens is 257 g/mol. The number of aromatic nitrogens is 1. The first-order valence-electron chi connectivity index (χ1n) is 5.49. The molecule has 1 aromatic heterocycles. The van der Waals surface area contributed by atoms with Gasteiger partial charge in [0.2, 0.25) is 0 Å². The topological polar surface area (TPSA) is 34.2 Å². The third kappa shape index (κ3) is 2.78. The van der Waals surface area contributed by atoms with Gasteiger partial charge in [-0.25, -0.2) is 13.2 Å². The molecule has 0 atom stereocenters. The van der Waals surface area contributed by atoms with Crippen LogP contribution in [0, 0.1) is 24.4 Å². The van der Waals surface area contributed by atoms with Gasteiger partial charge in [-0.05, 0) is 30.7 Å². The van der Waals surface area contributed by atoms with Crippen molar-refractivity contribution in [2.45, 2.75) is 6.92 Å². The van der Waals surface area contributed by atoms with Crippen LogP contribution >= 0.6 is 0 Å². The molecule has 0 bridgehead atoms. The van der Waals surface area contributed by atoms with E-state index in [2.05, 4.69) is 10.3 Å². The lowest BCUT2D eigenvalue weighted by molar-refractivity contribution is 0.417. The first-order valence-corrected chi connectivity index (χ1v) is 5.49. The first kappa shape index (κ1) is 13.2. The van der Waals surface area contributed by atoms with E-state index in [4.69, 9.17) is 4.74 Å². The summed E-state index contributed by atoms with van der Waals surface area (Å²) in [4.78, 5) is 3.66. The van der Waals surface area contributed by atoms with E-state index in [1.54, 1.807) is 6.92 Å². The smallest absolute Gasteiger partial charge is 0.258 e. The monoisotopic (exact) mass is 268 g/mol. The number of nitrogens with zero attached hydrogens (tertiary/aromatic N) is 1. The van der Waals surface area contributed by atoms with Crippen molar-refractivity contribution in [3.63, 3.8) is 0 Å². The second-order valence-electron chi connectivity index (χ2n) is 3.87. The average Bonchev–Trinajstić information content (AvgIpc) is 2.37. The second-order valence-corrected chi connectivity index (χ2v) is 3.87. The minimum Gasteiger partial charge on any atom is -0.436 e. The van der Waals surface area contributed by atoms with Crippen molar-refractivity contribution < 1.29 is 17.9 Å². The number of anilines is 1. The Kier molecular flexibility index (Phi) is 3.59. The number of pyridine rings is 1. The van der Waals surface area contributed by atoms with Crippen LogP contribution in [0.5, 0.6) is 11.6 Å². The zero-order valence-electron chi connectivity index (χ0n) is 10.3. The Morgan fingerprint density at radius 3 is 2.42 bits per heavy atom. The van der Waals surface area contributed by atoms with Crippen LogP contribution in [0.1, 0.15) is 5.56 Å². The zero-order chi connectivity index (χ0) is 14.0. The van der Waals surface area contributed by atoms with E-state index in [9.17, 15) is 13.2 Å². The van der Waals surface area contributed by atoms with Gasteiger partial charge in [0, 0.05) is 13.1 Å². The molecule has 0 saturated carbocycles. The van der Waals surface area contributed by atoms with E-state index in [0.29, 0.717) is 11.6 Å². The van der Waals surface area contributed by atoms with Gasteiger partial charge in [0.15, 0.2) is 17.5 Å². The molecule has 0 spiro atoms. The molecule has 19 heavy (non-hydrogen) atoms. The van der Waals surface area contributed by atoms with Crippen molar-refractivity contribution in [3.05, 3.63) is 47.3 Å². The highest BCUT2D eigenvalue weighted by atomic mass is 19.1. The van der Waals surface area contributed by atoms with Crippen molar-refractivity contribution >= 4 is 5.82 Å². The summed E-state index contributed by atoms with van der Waals surface area (Å²) in [5, 5.41) is 2.48. The highest BCUT2D eigenvalue weighted by Gasteiger charge is 2.13. The highest BCUT2D eigenvalue weighted by molar-refractivity contribution is 5.40. The maximum Gasteiger partial charge on any atom is 0.258 e. The van der Waals surface area contributed by atoms with Crippen LogP contribution in [-0.4, -0.2) is 12.0 Å². The standard InChI is InChI=1S/C13H11F3N2O/c1-7-5-8(3-4-9(7)14)19-13-11(16)6-10(15)12(17-2)18-13/h3-6H,1-2H3,(H,17,18). The van der Waals surface area contributed by atoms with E-state index in [0.717, 1.165) is 0 Å². The van der Waals surface area contributed by atoms with Gasteiger partial charge in [0.05, 0.1) is 0 Å². The van der Waals surface area contributed by atoms with Gasteiger partial charge < -0.3 is 10.1 Å². The Balaban J connectivity index is 2.34. The second kappa shape index (κ2) is 5.17. The van der Waals surface area contributed by atoms with Crippen LogP contribution in [0.15, 0.2) is 24.3 Å². The molecule has 2 aromatic rings. The Bertz CT molecular complexity index is 617. The molecule has 3 nitrogen and oxygen atoms in total. The van der Waals surface area contributed by atoms with Gasteiger partial charge in [0.25, 0.3) is 5.88 Å². The number of benzene rings is 1. The van der Waals surface area contributed by atoms with E-state index in [1.165, 1.54) is 25.2 Å². The first-order chi connectivity index (χ1) is 9.01. The number of halogens is 3. The molecule has 100 valence electrons. The minimum atomic E-state index is -0.932. The van der Waals surface area contributed by atoms with Crippen molar-refractivity contribution in [2.24, 2.45) is 0 Å². The summed E-state index contributed by atoms with van der Waals surface area (Å²) in [5.74, 6) is -2.43. The van der Waals surface area contributed by atoms with Gasteiger partial charge >= 0.3 is 0 Å². The predicted molar refractivity (Wildman–Crippen MR) is 64.9 cm³/mol. The lowest BCUT2D eigenvalue weighted by Crippen LogP contribution is -2.01. The molecule has 0 aliphatic heterocycles. The third-order valence-electron chi connectivity index (χ3n) is 2.48. The van der Waals surface area contributed by atoms with Crippen molar-refractivity contribution in [2.75, 3.05) is 12.4 Å². The van der Waals surface area contributed by atoms with Gasteiger partial charge in [-0.15, -0.1) is 0 Å². The van der Waals surface area contributed by atoms with Gasteiger partial charge in [-0.3, -0.25) is 0 Å². The highest BCUT2D eigenvalue weighted by Crippen LogP contribution is 2.26. The summed E-state index contributed by atoms with van der Waals surface area (Å²) < 4.78 is 45.0. The predicted octanol–water partition coefficient (Wildman–Crippen LogP) is 3.64. The Morgan fingerprint density at radius 1 is 1.05 bits per heavy atom. The summed E-state index contributed by atoms with van der Waals surface area (Å²) in [5.41, 5.74) is 0.355. The fraction of sp³-hybridized carbons (Fsp3) is 0.154. The Hall–Kier alpha value is -2.24. The molecule has 0 saturated heterocycles. The van der Waals surface area contributed by atoms with Crippen LogP contribution in [0.25, 0.3) is 0 Å². The van der Waals surface area contributed by atoms with Crippen molar-refractivity contribution in [1.82, 2.24) is 4.98 Å². The minimum absolute atomic E-state index is 0.129. The van der Waals surface area contributed by atoms with E-state index in [1.807, 2.05) is 0 Å². The maximum atomic E-state index is 13.5. The molecule has 1 aromatic carbocycles. The maximum absolute atomic E-state index is 13.5. The van der Waals surface area contributed by atoms with E-state index >= 15 is 0 Å². The number of rotatable bonds is 3. The van der Waals surface area contributed by atoms with Gasteiger partial charge in [-0.1, -0.05) is 0 Å². The van der Waals surface area contributed by atoms with Crippen LogP contribution in [-0.2, 0) is 0 Å². The largest absolute Gasteiger partial charge is 0.436 e. The number of nitrogens with one attached hydrogen (secondary N) is 1. The molecule has 6 heteroatoms. The fourth-order valence-electron chi connectivity index (χ4n) is 1.49. The summed E-state index contributed by atoms with van der Waals surface area (Å²) >= 11 is 0. The summed E-state index contributed by atoms with van der Waals surface area (Å²) in [6.07, 6.45) is 0. The van der Waals surface area contributed by atoms with E-state index < -0.39 is 17.5 Å². The van der Waals surface area contributed by atoms with Gasteiger partial charge in [0.1, 0.15) is 11.6 Å². The third-order valence-corrected chi connectivity index (χ3v) is 2.48. The summed E-state index contributed by atoms with van der Waals surface area (Å²) in [6, 6.07) is 4.61. The molecule has 0 aliphatic rings. The average molecular weight is 268 g/mol. The quantitative estimate of drug-likeness (QED) is 0.922. The zero-order valence-corrected chi connectivity index (χ0v) is 10.3. The van der Waals surface area contributed by atoms with Crippen LogP contribution in [0.2, 0.25) is 0 Å². The number of ether oxygens (including phenoxy) is 1. The van der Waals surface area contributed by atoms with Crippen LogP contribution < -0.4 is 10.1 Å². The normalized spacial score (nSPS) is 10.4. The molecule has 0 radical (unpaired) electrons. The van der Waals surface area contributed by atoms with Crippen molar-refractivity contribution in [3.8, 4) is 11.6 Å². The summed E-state index contributed by atoms with van der Waals surface area (Å²) in [7, 11) is 1.45. The number of hydrogen-bond acceptors (Lipinski definition) is 3. The fourth-order valence-corrected chi connectivity index (χ4v) is 1.49. The molecule has 1 heterocycles. The van der Waals surface area contributed by atoms with Crippen LogP contribution in [0.3, 0.4) is 0 Å². The number of hydrogen-bond donors (Lipinski definition) is 1. The lowest BCUT2D eigenvalue weighted by Gasteiger charge is -2.09. The molecular formula is C13H11F3N2O. The molecule has 0 fully saturated rings. The SMILES string of the molecule is CNc1nc(Oc2ccc(F)c(C)c2)c(F)cc1F. The molecule has 2 rings (SSSR count). The van der Waals surface area contributed by atoms with Crippen molar-refractivity contribution in [1.29, 1.82) is 0 Å². The Morgan fingerprint density at radius 2 is 1.79 bits per heavy atom. The molecule has 0 unspecified atom stereocenters. The number of aryl methyl sites for hydroxylation is 1. The lowest BCUT2D eigenvalue weighted by atomic mass is 10.2. The molecule has 0 aliphatic carbocycles.